The first-order valence-corrected chi connectivity index (χ1v) is 8.38. The molecule has 2 aromatic rings. The van der Waals surface area contributed by atoms with Crippen LogP contribution in [0.15, 0.2) is 42.5 Å². The normalized spacial score (nSPS) is 9.75. The molecule has 2 aromatic carbocycles. The third kappa shape index (κ3) is 6.00. The highest BCUT2D eigenvalue weighted by Gasteiger charge is 2.13. The number of carbonyl (C=O) groups excluding carboxylic acids is 3. The van der Waals surface area contributed by atoms with Gasteiger partial charge >= 0.3 is 5.97 Å². The predicted molar refractivity (Wildman–Crippen MR) is 102 cm³/mol. The van der Waals surface area contributed by atoms with Crippen LogP contribution in [0.1, 0.15) is 16.8 Å². The zero-order chi connectivity index (χ0) is 20.5. The Labute approximate surface area is 166 Å². The Morgan fingerprint density at radius 1 is 1.07 bits per heavy atom. The number of nitrogens with zero attached hydrogens (tertiary/aromatic N) is 1. The average molecular weight is 402 g/mol. The van der Waals surface area contributed by atoms with Gasteiger partial charge in [-0.3, -0.25) is 9.59 Å². The van der Waals surface area contributed by atoms with Crippen LogP contribution in [-0.2, 0) is 14.3 Å². The predicted octanol–water partition coefficient (Wildman–Crippen LogP) is 3.00. The van der Waals surface area contributed by atoms with Crippen molar-refractivity contribution in [3.05, 3.63) is 53.1 Å². The molecular weight excluding hydrogens is 386 g/mol. The van der Waals surface area contributed by atoms with Gasteiger partial charge in [-0.2, -0.15) is 5.26 Å². The Morgan fingerprint density at radius 3 is 2.43 bits per heavy atom. The molecule has 2 amide bonds. The first-order valence-electron chi connectivity index (χ1n) is 8.00. The summed E-state index contributed by atoms with van der Waals surface area (Å²) in [6.45, 7) is -0.505. The van der Waals surface area contributed by atoms with Gasteiger partial charge in [-0.15, -0.1) is 0 Å². The molecule has 0 unspecified atom stereocenters. The number of nitrogens with one attached hydrogen (secondary N) is 2. The minimum Gasteiger partial charge on any atom is -0.495 e. The van der Waals surface area contributed by atoms with Crippen molar-refractivity contribution in [3.8, 4) is 11.8 Å². The molecule has 9 heteroatoms. The van der Waals surface area contributed by atoms with Crippen LogP contribution in [0, 0.1) is 11.3 Å². The number of benzene rings is 2. The number of nitriles is 1. The van der Waals surface area contributed by atoms with Crippen LogP contribution in [0.3, 0.4) is 0 Å². The van der Waals surface area contributed by atoms with Crippen LogP contribution >= 0.6 is 11.6 Å². The molecule has 0 radical (unpaired) electrons. The molecule has 0 heterocycles. The molecule has 2 rings (SSSR count). The van der Waals surface area contributed by atoms with E-state index in [1.54, 1.807) is 18.2 Å². The first-order chi connectivity index (χ1) is 13.4. The van der Waals surface area contributed by atoms with Gasteiger partial charge in [-0.1, -0.05) is 11.6 Å². The number of carbonyl (C=O) groups is 3. The van der Waals surface area contributed by atoms with E-state index in [9.17, 15) is 14.4 Å². The van der Waals surface area contributed by atoms with Gasteiger partial charge in [0, 0.05) is 10.7 Å². The second-order valence-electron chi connectivity index (χ2n) is 5.43. The Kier molecular flexibility index (Phi) is 7.37. The van der Waals surface area contributed by atoms with E-state index in [1.165, 1.54) is 37.4 Å². The second kappa shape index (κ2) is 9.94. The van der Waals surface area contributed by atoms with Crippen LogP contribution in [0.5, 0.6) is 5.75 Å². The number of halogens is 1. The third-order valence-electron chi connectivity index (χ3n) is 3.41. The van der Waals surface area contributed by atoms with Crippen molar-refractivity contribution < 1.29 is 23.9 Å². The number of ether oxygens (including phenoxy) is 2. The lowest BCUT2D eigenvalue weighted by molar-refractivity contribution is -0.119. The lowest BCUT2D eigenvalue weighted by atomic mass is 10.2. The first kappa shape index (κ1) is 20.7. The van der Waals surface area contributed by atoms with Crippen molar-refractivity contribution in [3.63, 3.8) is 0 Å². The highest BCUT2D eigenvalue weighted by atomic mass is 35.5. The molecule has 0 bridgehead atoms. The van der Waals surface area contributed by atoms with Crippen molar-refractivity contribution in [2.45, 2.75) is 6.42 Å². The van der Waals surface area contributed by atoms with E-state index in [2.05, 4.69) is 10.6 Å². The summed E-state index contributed by atoms with van der Waals surface area (Å²) in [4.78, 5) is 35.4. The summed E-state index contributed by atoms with van der Waals surface area (Å²) in [6, 6.07) is 12.3. The van der Waals surface area contributed by atoms with Gasteiger partial charge in [0.05, 0.1) is 24.4 Å². The van der Waals surface area contributed by atoms with Gasteiger partial charge < -0.3 is 20.1 Å². The van der Waals surface area contributed by atoms with Gasteiger partial charge in [0.2, 0.25) is 5.91 Å². The average Bonchev–Trinajstić information content (AvgIpc) is 2.67. The molecule has 0 spiro atoms. The smallest absolute Gasteiger partial charge is 0.338 e. The molecule has 0 aromatic heterocycles. The summed E-state index contributed by atoms with van der Waals surface area (Å²) in [6.07, 6.45) is -0.268. The van der Waals surface area contributed by atoms with Gasteiger partial charge in [0.1, 0.15) is 12.2 Å². The number of esters is 1. The van der Waals surface area contributed by atoms with Crippen LogP contribution in [0.25, 0.3) is 0 Å². The Bertz CT molecular complexity index is 922. The Morgan fingerprint density at radius 2 is 1.79 bits per heavy atom. The lowest BCUT2D eigenvalue weighted by Gasteiger charge is -2.11. The molecule has 144 valence electrons. The molecular formula is C19H16ClN3O5. The molecule has 0 aliphatic rings. The van der Waals surface area contributed by atoms with E-state index in [0.29, 0.717) is 22.1 Å². The fourth-order valence-electron chi connectivity index (χ4n) is 2.15. The number of hydrogen-bond acceptors (Lipinski definition) is 6. The van der Waals surface area contributed by atoms with E-state index in [1.807, 2.05) is 0 Å². The van der Waals surface area contributed by atoms with Crippen molar-refractivity contribution in [2.75, 3.05) is 24.4 Å². The maximum atomic E-state index is 12.0. The fourth-order valence-corrected chi connectivity index (χ4v) is 2.32. The summed E-state index contributed by atoms with van der Waals surface area (Å²) in [5.41, 5.74) is 0.988. The van der Waals surface area contributed by atoms with Crippen molar-refractivity contribution >= 4 is 40.8 Å². The van der Waals surface area contributed by atoms with Gasteiger partial charge in [0.15, 0.2) is 6.61 Å². The fraction of sp³-hybridized carbons (Fsp3) is 0.158. The standard InChI is InChI=1S/C19H16ClN3O5/c1-27-16-7-4-13(20)10-15(16)23-18(25)11-28-19(26)12-2-5-14(6-3-12)22-17(24)8-9-21/h2-7,10H,8,11H2,1H3,(H,22,24)(H,23,25). The Balaban J connectivity index is 1.89. The summed E-state index contributed by atoms with van der Waals surface area (Å²) >= 11 is 5.89. The monoisotopic (exact) mass is 401 g/mol. The number of anilines is 2. The third-order valence-corrected chi connectivity index (χ3v) is 3.65. The zero-order valence-corrected chi connectivity index (χ0v) is 15.6. The minimum atomic E-state index is -0.705. The topological polar surface area (TPSA) is 118 Å². The van der Waals surface area contributed by atoms with Crippen molar-refractivity contribution in [2.24, 2.45) is 0 Å². The van der Waals surface area contributed by atoms with Gasteiger partial charge in [-0.25, -0.2) is 4.79 Å². The highest BCUT2D eigenvalue weighted by molar-refractivity contribution is 6.31. The molecule has 0 atom stereocenters. The number of amides is 2. The number of methoxy groups -OCH3 is 1. The molecule has 0 saturated carbocycles. The molecule has 0 fully saturated rings. The number of hydrogen-bond donors (Lipinski definition) is 2. The zero-order valence-electron chi connectivity index (χ0n) is 14.8. The molecule has 0 saturated heterocycles. The molecule has 28 heavy (non-hydrogen) atoms. The van der Waals surface area contributed by atoms with Gasteiger partial charge in [0.25, 0.3) is 5.91 Å². The maximum absolute atomic E-state index is 12.0. The van der Waals surface area contributed by atoms with E-state index in [0.717, 1.165) is 0 Å². The van der Waals surface area contributed by atoms with E-state index >= 15 is 0 Å². The largest absolute Gasteiger partial charge is 0.495 e. The highest BCUT2D eigenvalue weighted by Crippen LogP contribution is 2.27. The van der Waals surface area contributed by atoms with Crippen LogP contribution in [0.2, 0.25) is 5.02 Å². The van der Waals surface area contributed by atoms with Crippen molar-refractivity contribution in [1.29, 1.82) is 5.26 Å². The maximum Gasteiger partial charge on any atom is 0.338 e. The summed E-state index contributed by atoms with van der Waals surface area (Å²) < 4.78 is 10.1. The number of rotatable bonds is 7. The summed E-state index contributed by atoms with van der Waals surface area (Å²) in [5.74, 6) is -1.30. The molecule has 0 aliphatic carbocycles. The van der Waals surface area contributed by atoms with Crippen LogP contribution in [0.4, 0.5) is 11.4 Å². The Hall–Kier alpha value is -3.57. The minimum absolute atomic E-state index is 0.200. The molecule has 0 aliphatic heterocycles. The van der Waals surface area contributed by atoms with E-state index in [-0.39, 0.29) is 12.0 Å². The quantitative estimate of drug-likeness (QED) is 0.688. The van der Waals surface area contributed by atoms with E-state index in [4.69, 9.17) is 26.3 Å². The molecule has 8 nitrogen and oxygen atoms in total. The van der Waals surface area contributed by atoms with Crippen LogP contribution < -0.4 is 15.4 Å². The molecule has 2 N–H and O–H groups in total. The van der Waals surface area contributed by atoms with E-state index < -0.39 is 24.4 Å². The van der Waals surface area contributed by atoms with Crippen LogP contribution in [-0.4, -0.2) is 31.5 Å². The van der Waals surface area contributed by atoms with Crippen molar-refractivity contribution in [1.82, 2.24) is 0 Å². The summed E-state index contributed by atoms with van der Waals surface area (Å²) in [7, 11) is 1.45. The van der Waals surface area contributed by atoms with Gasteiger partial charge in [-0.05, 0) is 42.5 Å². The second-order valence-corrected chi connectivity index (χ2v) is 5.87. The lowest BCUT2D eigenvalue weighted by Crippen LogP contribution is -2.21. The SMILES string of the molecule is COc1ccc(Cl)cc1NC(=O)COC(=O)c1ccc(NC(=O)CC#N)cc1. The summed E-state index contributed by atoms with van der Waals surface area (Å²) in [5, 5.41) is 13.9.